The van der Waals surface area contributed by atoms with Crippen LogP contribution in [-0.2, 0) is 14.3 Å². The molecule has 0 aromatic heterocycles. The molecule has 20 heavy (non-hydrogen) atoms. The SMILES string of the molecule is CC1OC(c2ccccc2)CN1C(=O)C1CCC(=O)N1. The Balaban J connectivity index is 1.69. The number of nitrogens with one attached hydrogen (secondary N) is 1. The van der Waals surface area contributed by atoms with Gasteiger partial charge in [0, 0.05) is 6.42 Å². The molecular formula is C15H18N2O3. The van der Waals surface area contributed by atoms with Gasteiger partial charge in [-0.1, -0.05) is 30.3 Å². The Morgan fingerprint density at radius 3 is 2.75 bits per heavy atom. The van der Waals surface area contributed by atoms with Gasteiger partial charge < -0.3 is 15.0 Å². The maximum Gasteiger partial charge on any atom is 0.247 e. The molecule has 5 nitrogen and oxygen atoms in total. The molecule has 3 atom stereocenters. The fourth-order valence-corrected chi connectivity index (χ4v) is 2.80. The number of carbonyl (C=O) groups excluding carboxylic acids is 2. The van der Waals surface area contributed by atoms with E-state index in [-0.39, 0.29) is 30.2 Å². The highest BCUT2D eigenvalue weighted by Gasteiger charge is 2.39. The second-order valence-electron chi connectivity index (χ2n) is 5.28. The molecule has 1 aromatic rings. The van der Waals surface area contributed by atoms with Crippen molar-refractivity contribution in [3.63, 3.8) is 0 Å². The lowest BCUT2D eigenvalue weighted by molar-refractivity contribution is -0.138. The van der Waals surface area contributed by atoms with Crippen LogP contribution in [0.5, 0.6) is 0 Å². The van der Waals surface area contributed by atoms with Gasteiger partial charge in [-0.05, 0) is 18.9 Å². The lowest BCUT2D eigenvalue weighted by Gasteiger charge is -2.22. The molecule has 106 valence electrons. The zero-order valence-electron chi connectivity index (χ0n) is 11.4. The minimum Gasteiger partial charge on any atom is -0.349 e. The third-order valence-corrected chi connectivity index (χ3v) is 3.91. The molecule has 2 aliphatic rings. The van der Waals surface area contributed by atoms with E-state index in [4.69, 9.17) is 4.74 Å². The number of hydrogen-bond acceptors (Lipinski definition) is 3. The summed E-state index contributed by atoms with van der Waals surface area (Å²) in [6, 6.07) is 9.50. The first-order valence-electron chi connectivity index (χ1n) is 6.95. The number of benzene rings is 1. The first-order chi connectivity index (χ1) is 9.65. The lowest BCUT2D eigenvalue weighted by Crippen LogP contribution is -2.46. The van der Waals surface area contributed by atoms with Gasteiger partial charge in [0.25, 0.3) is 0 Å². The predicted molar refractivity (Wildman–Crippen MR) is 72.6 cm³/mol. The van der Waals surface area contributed by atoms with Crippen molar-refractivity contribution in [1.82, 2.24) is 10.2 Å². The van der Waals surface area contributed by atoms with Crippen LogP contribution in [0.3, 0.4) is 0 Å². The molecule has 2 heterocycles. The van der Waals surface area contributed by atoms with Gasteiger partial charge in [-0.25, -0.2) is 0 Å². The summed E-state index contributed by atoms with van der Waals surface area (Å²) in [5.41, 5.74) is 1.07. The van der Waals surface area contributed by atoms with E-state index in [2.05, 4.69) is 5.32 Å². The van der Waals surface area contributed by atoms with Crippen LogP contribution >= 0.6 is 0 Å². The van der Waals surface area contributed by atoms with E-state index in [9.17, 15) is 9.59 Å². The zero-order chi connectivity index (χ0) is 14.1. The average molecular weight is 274 g/mol. The second-order valence-corrected chi connectivity index (χ2v) is 5.28. The van der Waals surface area contributed by atoms with Crippen LogP contribution in [0.4, 0.5) is 0 Å². The van der Waals surface area contributed by atoms with E-state index >= 15 is 0 Å². The first-order valence-corrected chi connectivity index (χ1v) is 6.95. The maximum absolute atomic E-state index is 12.4. The normalized spacial score (nSPS) is 29.6. The minimum atomic E-state index is -0.386. The highest BCUT2D eigenvalue weighted by molar-refractivity contribution is 5.91. The molecule has 5 heteroatoms. The molecule has 2 aliphatic heterocycles. The van der Waals surface area contributed by atoms with Crippen LogP contribution in [0, 0.1) is 0 Å². The zero-order valence-corrected chi connectivity index (χ0v) is 11.4. The molecule has 3 rings (SSSR count). The predicted octanol–water partition coefficient (Wildman–Crippen LogP) is 1.21. The first kappa shape index (κ1) is 13.1. The van der Waals surface area contributed by atoms with Crippen molar-refractivity contribution in [1.29, 1.82) is 0 Å². The molecular weight excluding hydrogens is 256 g/mol. The minimum absolute atomic E-state index is 0.0400. The summed E-state index contributed by atoms with van der Waals surface area (Å²) in [5, 5.41) is 2.72. The van der Waals surface area contributed by atoms with Gasteiger partial charge in [0.05, 0.1) is 6.54 Å². The van der Waals surface area contributed by atoms with E-state index in [1.807, 2.05) is 37.3 Å². The Morgan fingerprint density at radius 2 is 2.10 bits per heavy atom. The van der Waals surface area contributed by atoms with Crippen molar-refractivity contribution in [2.24, 2.45) is 0 Å². The van der Waals surface area contributed by atoms with Gasteiger partial charge in [0.1, 0.15) is 18.4 Å². The summed E-state index contributed by atoms with van der Waals surface area (Å²) < 4.78 is 5.86. The van der Waals surface area contributed by atoms with Crippen molar-refractivity contribution >= 4 is 11.8 Å². The molecule has 2 fully saturated rings. The second kappa shape index (κ2) is 5.25. The van der Waals surface area contributed by atoms with Crippen LogP contribution in [0.25, 0.3) is 0 Å². The Labute approximate surface area is 117 Å². The Hall–Kier alpha value is -1.88. The molecule has 0 bridgehead atoms. The van der Waals surface area contributed by atoms with Gasteiger partial charge in [-0.3, -0.25) is 9.59 Å². The molecule has 3 unspecified atom stereocenters. The Bertz CT molecular complexity index is 517. The fraction of sp³-hybridized carbons (Fsp3) is 0.467. The summed E-state index contributed by atoms with van der Waals surface area (Å²) in [6.45, 7) is 2.41. The molecule has 2 amide bonds. The standard InChI is InChI=1S/C15H18N2O3/c1-10-17(15(19)12-7-8-14(18)16-12)9-13(20-10)11-5-3-2-4-6-11/h2-6,10,12-13H,7-9H2,1H3,(H,16,18). The van der Waals surface area contributed by atoms with Gasteiger partial charge in [-0.2, -0.15) is 0 Å². The third kappa shape index (κ3) is 2.41. The van der Waals surface area contributed by atoms with E-state index in [1.165, 1.54) is 0 Å². The molecule has 0 aliphatic carbocycles. The fourth-order valence-electron chi connectivity index (χ4n) is 2.80. The van der Waals surface area contributed by atoms with E-state index < -0.39 is 0 Å². The van der Waals surface area contributed by atoms with Crippen LogP contribution in [-0.4, -0.2) is 35.5 Å². The Kier molecular flexibility index (Phi) is 3.44. The highest BCUT2D eigenvalue weighted by atomic mass is 16.5. The van der Waals surface area contributed by atoms with E-state index in [0.29, 0.717) is 19.4 Å². The molecule has 1 aromatic carbocycles. The largest absolute Gasteiger partial charge is 0.349 e. The molecule has 1 N–H and O–H groups in total. The van der Waals surface area contributed by atoms with Crippen molar-refractivity contribution in [3.8, 4) is 0 Å². The number of ether oxygens (including phenoxy) is 1. The van der Waals surface area contributed by atoms with Crippen LogP contribution in [0.1, 0.15) is 31.4 Å². The summed E-state index contributed by atoms with van der Waals surface area (Å²) >= 11 is 0. The van der Waals surface area contributed by atoms with Crippen LogP contribution < -0.4 is 5.32 Å². The van der Waals surface area contributed by atoms with Gasteiger partial charge in [0.2, 0.25) is 11.8 Å². The number of hydrogen-bond donors (Lipinski definition) is 1. The topological polar surface area (TPSA) is 58.6 Å². The average Bonchev–Trinajstić information content (AvgIpc) is 3.05. The van der Waals surface area contributed by atoms with E-state index in [1.54, 1.807) is 4.90 Å². The van der Waals surface area contributed by atoms with Crippen molar-refractivity contribution in [3.05, 3.63) is 35.9 Å². The molecule has 0 saturated carbocycles. The van der Waals surface area contributed by atoms with Gasteiger partial charge in [-0.15, -0.1) is 0 Å². The van der Waals surface area contributed by atoms with Gasteiger partial charge in [0.15, 0.2) is 0 Å². The molecule has 2 saturated heterocycles. The molecule has 0 radical (unpaired) electrons. The number of rotatable bonds is 2. The van der Waals surface area contributed by atoms with Crippen molar-refractivity contribution in [2.75, 3.05) is 6.54 Å². The maximum atomic E-state index is 12.4. The van der Waals surface area contributed by atoms with Crippen molar-refractivity contribution < 1.29 is 14.3 Å². The summed E-state index contributed by atoms with van der Waals surface area (Å²) in [4.78, 5) is 25.4. The van der Waals surface area contributed by atoms with Gasteiger partial charge >= 0.3 is 0 Å². The van der Waals surface area contributed by atoms with Crippen molar-refractivity contribution in [2.45, 2.75) is 38.1 Å². The summed E-state index contributed by atoms with van der Waals surface area (Å²) in [6.07, 6.45) is 0.663. The van der Waals surface area contributed by atoms with Crippen LogP contribution in [0.15, 0.2) is 30.3 Å². The number of amides is 2. The molecule has 0 spiro atoms. The Morgan fingerprint density at radius 1 is 1.35 bits per heavy atom. The summed E-state index contributed by atoms with van der Waals surface area (Å²) in [7, 11) is 0. The number of carbonyl (C=O) groups is 2. The smallest absolute Gasteiger partial charge is 0.247 e. The van der Waals surface area contributed by atoms with E-state index in [0.717, 1.165) is 5.56 Å². The van der Waals surface area contributed by atoms with Crippen LogP contribution in [0.2, 0.25) is 0 Å². The number of nitrogens with zero attached hydrogens (tertiary/aromatic N) is 1. The lowest BCUT2D eigenvalue weighted by atomic mass is 10.1. The highest BCUT2D eigenvalue weighted by Crippen LogP contribution is 2.29. The monoisotopic (exact) mass is 274 g/mol. The third-order valence-electron chi connectivity index (χ3n) is 3.91. The summed E-state index contributed by atoms with van der Waals surface area (Å²) in [5.74, 6) is -0.0856. The quantitative estimate of drug-likeness (QED) is 0.882.